The van der Waals surface area contributed by atoms with Crippen LogP contribution >= 0.6 is 0 Å². The molecule has 3 N–H and O–H groups in total. The highest BCUT2D eigenvalue weighted by atomic mass is 16.5. The van der Waals surface area contributed by atoms with Crippen molar-refractivity contribution < 1.29 is 24.2 Å². The maximum absolute atomic E-state index is 12.7. The number of para-hydroxylation sites is 1. The number of aromatic hydroxyl groups is 1. The fraction of sp³-hybridized carbons (Fsp3) is 0.208. The van der Waals surface area contributed by atoms with Crippen molar-refractivity contribution in [2.24, 2.45) is 7.05 Å². The van der Waals surface area contributed by atoms with E-state index >= 15 is 0 Å². The van der Waals surface area contributed by atoms with Crippen molar-refractivity contribution in [3.8, 4) is 17.2 Å². The van der Waals surface area contributed by atoms with Gasteiger partial charge in [0.25, 0.3) is 5.56 Å². The summed E-state index contributed by atoms with van der Waals surface area (Å²) in [6.45, 7) is 1.89. The van der Waals surface area contributed by atoms with Crippen molar-refractivity contribution in [1.29, 1.82) is 0 Å². The first-order valence-corrected chi connectivity index (χ1v) is 10.3. The first-order chi connectivity index (χ1) is 15.9. The first kappa shape index (κ1) is 23.4. The van der Waals surface area contributed by atoms with Crippen LogP contribution in [-0.4, -0.2) is 28.3 Å². The molecule has 0 aliphatic heterocycles. The third kappa shape index (κ3) is 6.36. The molecule has 1 aromatic heterocycles. The summed E-state index contributed by atoms with van der Waals surface area (Å²) >= 11 is 0. The fourth-order valence-electron chi connectivity index (χ4n) is 3.10. The Balaban J connectivity index is 1.82. The smallest absolute Gasteiger partial charge is 0.319 e. The van der Waals surface area contributed by atoms with Crippen molar-refractivity contribution in [3.63, 3.8) is 0 Å². The van der Waals surface area contributed by atoms with E-state index in [0.29, 0.717) is 17.1 Å². The number of benzene rings is 2. The predicted octanol–water partition coefficient (Wildman–Crippen LogP) is 3.70. The van der Waals surface area contributed by atoms with E-state index < -0.39 is 23.6 Å². The van der Waals surface area contributed by atoms with E-state index in [0.717, 1.165) is 0 Å². The number of pyridine rings is 1. The quantitative estimate of drug-likeness (QED) is 0.450. The van der Waals surface area contributed by atoms with Gasteiger partial charge in [0.05, 0.1) is 19.1 Å². The zero-order valence-electron chi connectivity index (χ0n) is 18.3. The van der Waals surface area contributed by atoms with E-state index in [2.05, 4.69) is 10.6 Å². The number of carbonyl (C=O) groups is 2. The van der Waals surface area contributed by atoms with E-state index in [4.69, 9.17) is 9.47 Å². The summed E-state index contributed by atoms with van der Waals surface area (Å²) in [6.07, 6.45) is 1.23. The Hall–Kier alpha value is -4.27. The highest BCUT2D eigenvalue weighted by Crippen LogP contribution is 2.26. The predicted molar refractivity (Wildman–Crippen MR) is 122 cm³/mol. The number of rotatable bonds is 8. The number of esters is 1. The molecule has 0 fully saturated rings. The monoisotopic (exact) mass is 451 g/mol. The molecular weight excluding hydrogens is 426 g/mol. The molecule has 3 aromatic rings. The summed E-state index contributed by atoms with van der Waals surface area (Å²) in [7, 11) is 1.49. The summed E-state index contributed by atoms with van der Waals surface area (Å²) in [6, 6.07) is 15.9. The number of aryl methyl sites for hydroxylation is 1. The summed E-state index contributed by atoms with van der Waals surface area (Å²) < 4.78 is 12.1. The number of hydrogen-bond acceptors (Lipinski definition) is 6. The van der Waals surface area contributed by atoms with Gasteiger partial charge >= 0.3 is 12.0 Å². The Kier molecular flexibility index (Phi) is 7.69. The number of amides is 2. The number of carbonyl (C=O) groups excluding carboxylic acids is 2. The van der Waals surface area contributed by atoms with Gasteiger partial charge in [0, 0.05) is 13.2 Å². The minimum Gasteiger partial charge on any atom is -0.505 e. The van der Waals surface area contributed by atoms with Crippen LogP contribution in [0.5, 0.6) is 17.2 Å². The SMILES string of the molecule is CCOC(=O)C[C@H](NC(=O)Nc1c(O)ccn(C)c1=O)c1cccc(Oc2ccccc2)c1. The molecule has 3 rings (SSSR count). The number of aromatic nitrogens is 1. The third-order valence-electron chi connectivity index (χ3n) is 4.71. The van der Waals surface area contributed by atoms with Crippen molar-refractivity contribution in [2.75, 3.05) is 11.9 Å². The van der Waals surface area contributed by atoms with Gasteiger partial charge in [0.2, 0.25) is 0 Å². The van der Waals surface area contributed by atoms with Crippen LogP contribution in [0.2, 0.25) is 0 Å². The highest BCUT2D eigenvalue weighted by molar-refractivity contribution is 5.91. The summed E-state index contributed by atoms with van der Waals surface area (Å²) in [5.41, 5.74) is -0.254. The molecule has 9 nitrogen and oxygen atoms in total. The van der Waals surface area contributed by atoms with Crippen molar-refractivity contribution in [1.82, 2.24) is 9.88 Å². The van der Waals surface area contributed by atoms with E-state index in [1.165, 1.54) is 23.9 Å². The molecule has 2 aromatic carbocycles. The van der Waals surface area contributed by atoms with Gasteiger partial charge in [0.15, 0.2) is 5.69 Å². The van der Waals surface area contributed by atoms with Gasteiger partial charge in [0.1, 0.15) is 17.2 Å². The van der Waals surface area contributed by atoms with E-state index in [1.54, 1.807) is 43.3 Å². The van der Waals surface area contributed by atoms with E-state index in [-0.39, 0.29) is 24.5 Å². The zero-order valence-corrected chi connectivity index (χ0v) is 18.3. The second-order valence-corrected chi connectivity index (χ2v) is 7.14. The topological polar surface area (TPSA) is 119 Å². The molecule has 0 aliphatic carbocycles. The molecule has 0 aliphatic rings. The number of ether oxygens (including phenoxy) is 2. The van der Waals surface area contributed by atoms with Gasteiger partial charge in [-0.3, -0.25) is 9.59 Å². The maximum atomic E-state index is 12.7. The number of hydrogen-bond donors (Lipinski definition) is 3. The van der Waals surface area contributed by atoms with Crippen LogP contribution in [0.3, 0.4) is 0 Å². The van der Waals surface area contributed by atoms with Gasteiger partial charge in [-0.25, -0.2) is 4.79 Å². The second-order valence-electron chi connectivity index (χ2n) is 7.14. The van der Waals surface area contributed by atoms with Gasteiger partial charge in [-0.1, -0.05) is 30.3 Å². The van der Waals surface area contributed by atoms with Gasteiger partial charge < -0.3 is 29.8 Å². The Morgan fingerprint density at radius 1 is 1.06 bits per heavy atom. The van der Waals surface area contributed by atoms with Crippen LogP contribution in [0.15, 0.2) is 71.7 Å². The molecule has 0 saturated carbocycles. The van der Waals surface area contributed by atoms with Crippen molar-refractivity contribution >= 4 is 17.7 Å². The van der Waals surface area contributed by atoms with Crippen LogP contribution in [0.1, 0.15) is 24.9 Å². The van der Waals surface area contributed by atoms with Crippen LogP contribution in [0, 0.1) is 0 Å². The Labute approximate surface area is 190 Å². The first-order valence-electron chi connectivity index (χ1n) is 10.3. The lowest BCUT2D eigenvalue weighted by Crippen LogP contribution is -2.36. The molecule has 2 amide bonds. The van der Waals surface area contributed by atoms with Gasteiger partial charge in [-0.15, -0.1) is 0 Å². The molecule has 0 saturated heterocycles. The Morgan fingerprint density at radius 2 is 1.79 bits per heavy atom. The highest BCUT2D eigenvalue weighted by Gasteiger charge is 2.21. The average Bonchev–Trinajstić information content (AvgIpc) is 2.80. The van der Waals surface area contributed by atoms with E-state index in [9.17, 15) is 19.5 Å². The van der Waals surface area contributed by atoms with Crippen LogP contribution in [-0.2, 0) is 16.6 Å². The molecule has 0 bridgehead atoms. The minimum atomic E-state index is -0.780. The fourth-order valence-corrected chi connectivity index (χ4v) is 3.10. The van der Waals surface area contributed by atoms with Crippen molar-refractivity contribution in [3.05, 3.63) is 82.8 Å². The number of urea groups is 1. The molecule has 33 heavy (non-hydrogen) atoms. The molecule has 0 spiro atoms. The number of anilines is 1. The minimum absolute atomic E-state index is 0.144. The molecule has 1 atom stereocenters. The number of nitrogens with zero attached hydrogens (tertiary/aromatic N) is 1. The molecule has 0 unspecified atom stereocenters. The summed E-state index contributed by atoms with van der Waals surface area (Å²) in [4.78, 5) is 37.1. The Morgan fingerprint density at radius 3 is 2.52 bits per heavy atom. The van der Waals surface area contributed by atoms with Crippen LogP contribution in [0.4, 0.5) is 10.5 Å². The molecular formula is C24H25N3O6. The zero-order chi connectivity index (χ0) is 23.8. The molecule has 1 heterocycles. The van der Waals surface area contributed by atoms with Gasteiger partial charge in [-0.05, 0) is 42.8 Å². The molecule has 9 heteroatoms. The van der Waals surface area contributed by atoms with Crippen molar-refractivity contribution in [2.45, 2.75) is 19.4 Å². The third-order valence-corrected chi connectivity index (χ3v) is 4.71. The standard InChI is InChI=1S/C24H25N3O6/c1-3-32-21(29)15-19(25-24(31)26-22-20(28)12-13-27(2)23(22)30)16-8-7-11-18(14-16)33-17-9-5-4-6-10-17/h4-14,19,28H,3,15H2,1-2H3,(H2,25,26,31)/t19-/m0/s1. The number of nitrogens with one attached hydrogen (secondary N) is 2. The second kappa shape index (κ2) is 10.9. The lowest BCUT2D eigenvalue weighted by Gasteiger charge is -2.20. The van der Waals surface area contributed by atoms with Crippen LogP contribution < -0.4 is 20.9 Å². The largest absolute Gasteiger partial charge is 0.505 e. The van der Waals surface area contributed by atoms with E-state index in [1.807, 2.05) is 18.2 Å². The molecule has 172 valence electrons. The molecule has 0 radical (unpaired) electrons. The Bertz CT molecular complexity index is 1180. The summed E-state index contributed by atoms with van der Waals surface area (Å²) in [5, 5.41) is 15.0. The normalized spacial score (nSPS) is 11.3. The summed E-state index contributed by atoms with van der Waals surface area (Å²) in [5.74, 6) is 0.283. The average molecular weight is 451 g/mol. The lowest BCUT2D eigenvalue weighted by atomic mass is 10.0. The van der Waals surface area contributed by atoms with Gasteiger partial charge in [-0.2, -0.15) is 0 Å². The lowest BCUT2D eigenvalue weighted by molar-refractivity contribution is -0.143. The van der Waals surface area contributed by atoms with Crippen LogP contribution in [0.25, 0.3) is 0 Å². The maximum Gasteiger partial charge on any atom is 0.319 e.